The SMILES string of the molecule is CC(C)(NCCn1cnc(=N)c2[nH]c(Sc3cc4c(cc3Br)OCO4)nc21)c1ccccn1. The van der Waals surface area contributed by atoms with Crippen LogP contribution in [0.2, 0.25) is 0 Å². The van der Waals surface area contributed by atoms with Crippen LogP contribution in [0.15, 0.2) is 57.4 Å². The maximum absolute atomic E-state index is 8.21. The number of benzene rings is 1. The van der Waals surface area contributed by atoms with E-state index in [-0.39, 0.29) is 17.8 Å². The van der Waals surface area contributed by atoms with Crippen LogP contribution in [-0.2, 0) is 12.1 Å². The molecule has 1 aromatic carbocycles. The molecule has 4 aromatic rings. The highest BCUT2D eigenvalue weighted by atomic mass is 79.9. The third kappa shape index (κ3) is 4.48. The van der Waals surface area contributed by atoms with Gasteiger partial charge >= 0.3 is 0 Å². The van der Waals surface area contributed by atoms with Crippen molar-refractivity contribution >= 4 is 38.9 Å². The number of aromatic nitrogens is 5. The molecule has 9 nitrogen and oxygen atoms in total. The van der Waals surface area contributed by atoms with Crippen molar-refractivity contribution < 1.29 is 9.47 Å². The molecule has 33 heavy (non-hydrogen) atoms. The Morgan fingerprint density at radius 3 is 2.85 bits per heavy atom. The van der Waals surface area contributed by atoms with Crippen molar-refractivity contribution in [3.05, 3.63) is 58.5 Å². The fourth-order valence-electron chi connectivity index (χ4n) is 3.57. The van der Waals surface area contributed by atoms with E-state index in [9.17, 15) is 0 Å². The van der Waals surface area contributed by atoms with Gasteiger partial charge in [0.1, 0.15) is 5.52 Å². The number of nitrogens with one attached hydrogen (secondary N) is 3. The zero-order valence-electron chi connectivity index (χ0n) is 18.1. The van der Waals surface area contributed by atoms with Crippen LogP contribution in [-0.4, -0.2) is 37.8 Å². The Morgan fingerprint density at radius 2 is 2.06 bits per heavy atom. The van der Waals surface area contributed by atoms with Crippen molar-refractivity contribution in [3.8, 4) is 11.5 Å². The largest absolute Gasteiger partial charge is 0.454 e. The van der Waals surface area contributed by atoms with E-state index in [1.807, 2.05) is 34.9 Å². The van der Waals surface area contributed by atoms with Crippen molar-refractivity contribution in [2.45, 2.75) is 36.0 Å². The van der Waals surface area contributed by atoms with Crippen molar-refractivity contribution in [3.63, 3.8) is 0 Å². The topological polar surface area (TPSA) is 114 Å². The van der Waals surface area contributed by atoms with Gasteiger partial charge in [-0.3, -0.25) is 10.4 Å². The molecule has 4 heterocycles. The first-order valence-corrected chi connectivity index (χ1v) is 11.9. The monoisotopic (exact) mass is 527 g/mol. The molecule has 3 N–H and O–H groups in total. The summed E-state index contributed by atoms with van der Waals surface area (Å²) in [5.41, 5.74) is 2.15. The van der Waals surface area contributed by atoms with E-state index in [0.29, 0.717) is 40.9 Å². The fourth-order valence-corrected chi connectivity index (χ4v) is 4.95. The smallest absolute Gasteiger partial charge is 0.231 e. The summed E-state index contributed by atoms with van der Waals surface area (Å²) in [4.78, 5) is 17.6. The molecular weight excluding hydrogens is 506 g/mol. The quantitative estimate of drug-likeness (QED) is 0.334. The maximum atomic E-state index is 8.21. The van der Waals surface area contributed by atoms with Gasteiger partial charge in [-0.15, -0.1) is 0 Å². The first-order valence-electron chi connectivity index (χ1n) is 10.3. The van der Waals surface area contributed by atoms with E-state index in [1.54, 1.807) is 12.5 Å². The summed E-state index contributed by atoms with van der Waals surface area (Å²) >= 11 is 5.04. The summed E-state index contributed by atoms with van der Waals surface area (Å²) in [6.45, 7) is 5.76. The zero-order valence-corrected chi connectivity index (χ0v) is 20.5. The second-order valence-electron chi connectivity index (χ2n) is 8.03. The van der Waals surface area contributed by atoms with Crippen LogP contribution in [0.4, 0.5) is 0 Å². The Bertz CT molecular complexity index is 1370. The molecule has 0 fully saturated rings. The Balaban J connectivity index is 1.36. The lowest BCUT2D eigenvalue weighted by Crippen LogP contribution is -2.39. The van der Waals surface area contributed by atoms with Gasteiger partial charge < -0.3 is 24.3 Å². The van der Waals surface area contributed by atoms with E-state index in [0.717, 1.165) is 15.1 Å². The van der Waals surface area contributed by atoms with E-state index in [2.05, 4.69) is 50.0 Å². The third-order valence-electron chi connectivity index (χ3n) is 5.36. The first kappa shape index (κ1) is 21.9. The Labute approximate surface area is 202 Å². The first-order chi connectivity index (χ1) is 15.9. The number of ether oxygens (including phenoxy) is 2. The Kier molecular flexibility index (Phi) is 5.85. The van der Waals surface area contributed by atoms with Gasteiger partial charge in [-0.05, 0) is 54.0 Å². The van der Waals surface area contributed by atoms with Crippen LogP contribution in [0.3, 0.4) is 0 Å². The molecular formula is C22H22BrN7O2S. The average molecular weight is 528 g/mol. The highest BCUT2D eigenvalue weighted by molar-refractivity contribution is 9.10. The number of H-pyrrole nitrogens is 1. The molecule has 3 aromatic heterocycles. The van der Waals surface area contributed by atoms with Gasteiger partial charge in [0, 0.05) is 28.7 Å². The number of hydrogen-bond donors (Lipinski definition) is 3. The lowest BCUT2D eigenvalue weighted by atomic mass is 10.00. The zero-order chi connectivity index (χ0) is 23.0. The summed E-state index contributed by atoms with van der Waals surface area (Å²) < 4.78 is 13.7. The molecule has 0 spiro atoms. The van der Waals surface area contributed by atoms with Gasteiger partial charge in [0.15, 0.2) is 27.8 Å². The number of nitrogens with zero attached hydrogens (tertiary/aromatic N) is 4. The molecule has 0 unspecified atom stereocenters. The molecule has 11 heteroatoms. The molecule has 1 aliphatic rings. The highest BCUT2D eigenvalue weighted by Crippen LogP contribution is 2.42. The minimum atomic E-state index is -0.276. The van der Waals surface area contributed by atoms with E-state index in [4.69, 9.17) is 19.9 Å². The van der Waals surface area contributed by atoms with E-state index < -0.39 is 0 Å². The Hall–Kier alpha value is -2.89. The van der Waals surface area contributed by atoms with Gasteiger partial charge in [0.2, 0.25) is 6.79 Å². The van der Waals surface area contributed by atoms with Crippen LogP contribution in [0.1, 0.15) is 19.5 Å². The summed E-state index contributed by atoms with van der Waals surface area (Å²) in [6.07, 6.45) is 3.46. The predicted molar refractivity (Wildman–Crippen MR) is 127 cm³/mol. The van der Waals surface area contributed by atoms with Crippen molar-refractivity contribution in [1.82, 2.24) is 29.8 Å². The van der Waals surface area contributed by atoms with Crippen LogP contribution in [0.25, 0.3) is 11.2 Å². The van der Waals surface area contributed by atoms with Crippen LogP contribution >= 0.6 is 27.7 Å². The summed E-state index contributed by atoms with van der Waals surface area (Å²) in [5.74, 6) is 1.42. The van der Waals surface area contributed by atoms with Crippen LogP contribution < -0.4 is 20.3 Å². The van der Waals surface area contributed by atoms with E-state index >= 15 is 0 Å². The molecule has 5 rings (SSSR count). The molecule has 170 valence electrons. The van der Waals surface area contributed by atoms with Crippen LogP contribution in [0.5, 0.6) is 11.5 Å². The van der Waals surface area contributed by atoms with Gasteiger partial charge in [-0.1, -0.05) is 17.8 Å². The standard InChI is InChI=1S/C22H22BrN7O2S/c1-22(2,17-5-3-4-6-25-17)27-7-8-30-11-26-19(24)18-20(30)29-21(28-18)33-16-10-15-14(9-13(16)23)31-12-32-15/h3-6,9-11,24,27H,7-8,12H2,1-2H3,(H,28,29). The lowest BCUT2D eigenvalue weighted by Gasteiger charge is -2.26. The summed E-state index contributed by atoms with van der Waals surface area (Å²) in [5, 5.41) is 12.4. The second kappa shape index (κ2) is 8.81. The van der Waals surface area contributed by atoms with Gasteiger partial charge in [-0.2, -0.15) is 0 Å². The second-order valence-corrected chi connectivity index (χ2v) is 9.92. The normalized spacial score (nSPS) is 13.1. The molecule has 0 saturated heterocycles. The molecule has 0 radical (unpaired) electrons. The van der Waals surface area contributed by atoms with Crippen molar-refractivity contribution in [2.75, 3.05) is 13.3 Å². The van der Waals surface area contributed by atoms with Gasteiger partial charge in [0.25, 0.3) is 0 Å². The maximum Gasteiger partial charge on any atom is 0.231 e. The molecule has 1 aliphatic heterocycles. The van der Waals surface area contributed by atoms with Crippen molar-refractivity contribution in [2.24, 2.45) is 0 Å². The third-order valence-corrected chi connectivity index (χ3v) is 7.22. The molecule has 0 bridgehead atoms. The molecule has 0 amide bonds. The number of rotatable bonds is 7. The minimum Gasteiger partial charge on any atom is -0.454 e. The molecule has 0 atom stereocenters. The summed E-state index contributed by atoms with van der Waals surface area (Å²) in [7, 11) is 0. The van der Waals surface area contributed by atoms with Gasteiger partial charge in [0.05, 0.1) is 17.6 Å². The molecule has 0 aliphatic carbocycles. The Morgan fingerprint density at radius 1 is 1.24 bits per heavy atom. The summed E-state index contributed by atoms with van der Waals surface area (Å²) in [6, 6.07) is 9.72. The predicted octanol–water partition coefficient (Wildman–Crippen LogP) is 3.80. The number of halogens is 1. The minimum absolute atomic E-state index is 0.159. The van der Waals surface area contributed by atoms with Gasteiger partial charge in [-0.25, -0.2) is 9.97 Å². The molecule has 0 saturated carbocycles. The number of hydrogen-bond acceptors (Lipinski definition) is 8. The van der Waals surface area contributed by atoms with Crippen LogP contribution in [0, 0.1) is 5.41 Å². The van der Waals surface area contributed by atoms with E-state index in [1.165, 1.54) is 11.8 Å². The number of imidazole rings is 1. The highest BCUT2D eigenvalue weighted by Gasteiger charge is 2.21. The number of pyridine rings is 1. The number of aromatic amines is 1. The fraction of sp³-hybridized carbons (Fsp3) is 0.273. The average Bonchev–Trinajstić information content (AvgIpc) is 3.43. The number of fused-ring (bicyclic) bond motifs is 2. The lowest BCUT2D eigenvalue weighted by molar-refractivity contribution is 0.174. The van der Waals surface area contributed by atoms with Crippen molar-refractivity contribution in [1.29, 1.82) is 5.41 Å².